The summed E-state index contributed by atoms with van der Waals surface area (Å²) in [6.07, 6.45) is 1.96. The van der Waals surface area contributed by atoms with Crippen molar-refractivity contribution in [3.05, 3.63) is 35.2 Å². The first kappa shape index (κ1) is 18.8. The van der Waals surface area contributed by atoms with Gasteiger partial charge in [0.2, 0.25) is 5.91 Å². The molecule has 1 fully saturated rings. The van der Waals surface area contributed by atoms with Crippen LogP contribution in [-0.4, -0.2) is 58.9 Å². The number of hydrogen-bond donors (Lipinski definition) is 1. The highest BCUT2D eigenvalue weighted by molar-refractivity contribution is 5.95. The fourth-order valence-corrected chi connectivity index (χ4v) is 2.48. The van der Waals surface area contributed by atoms with Crippen molar-refractivity contribution < 1.29 is 19.1 Å². The molecule has 1 heterocycles. The second-order valence-electron chi connectivity index (χ2n) is 6.77. The summed E-state index contributed by atoms with van der Waals surface area (Å²) in [5, 5.41) is 2.80. The third kappa shape index (κ3) is 4.78. The van der Waals surface area contributed by atoms with E-state index in [2.05, 4.69) is 15.3 Å². The van der Waals surface area contributed by atoms with E-state index in [9.17, 15) is 14.4 Å². The Hall–Kier alpha value is -3.03. The number of nitrogens with zero attached hydrogens (tertiary/aromatic N) is 3. The van der Waals surface area contributed by atoms with E-state index in [0.29, 0.717) is 16.6 Å². The Morgan fingerprint density at radius 3 is 2.48 bits per heavy atom. The molecule has 3 rings (SSSR count). The first-order valence-electron chi connectivity index (χ1n) is 8.79. The molecule has 142 valence electrons. The molecule has 0 atom stereocenters. The normalized spacial score (nSPS) is 13.3. The molecule has 1 aromatic carbocycles. The van der Waals surface area contributed by atoms with Crippen LogP contribution in [0.3, 0.4) is 0 Å². The standard InChI is InChI=1S/C19H22N4O4/c1-11-12(2)21-16-8-13(4-7-15(16)20-11)19(26)27-10-18(25)23(3)9-17(24)22-14-5-6-14/h4,7-8,14H,5-6,9-10H2,1-3H3,(H,22,24). The minimum Gasteiger partial charge on any atom is -0.452 e. The summed E-state index contributed by atoms with van der Waals surface area (Å²) in [5.41, 5.74) is 3.19. The third-order valence-corrected chi connectivity index (χ3v) is 4.39. The molecule has 0 aliphatic heterocycles. The van der Waals surface area contributed by atoms with Crippen LogP contribution in [0.1, 0.15) is 34.6 Å². The van der Waals surface area contributed by atoms with Crippen LogP contribution in [0.4, 0.5) is 0 Å². The summed E-state index contributed by atoms with van der Waals surface area (Å²) in [6.45, 7) is 3.23. The van der Waals surface area contributed by atoms with Gasteiger partial charge in [0.1, 0.15) is 0 Å². The van der Waals surface area contributed by atoms with Crippen molar-refractivity contribution in [2.24, 2.45) is 0 Å². The average Bonchev–Trinajstić information content (AvgIpc) is 3.43. The molecule has 1 N–H and O–H groups in total. The van der Waals surface area contributed by atoms with Gasteiger partial charge in [-0.25, -0.2) is 14.8 Å². The molecule has 1 aliphatic rings. The molecule has 0 saturated heterocycles. The van der Waals surface area contributed by atoms with Crippen molar-refractivity contribution in [2.45, 2.75) is 32.7 Å². The Bertz CT molecular complexity index is 908. The van der Waals surface area contributed by atoms with Gasteiger partial charge in [-0.05, 0) is 44.9 Å². The molecular formula is C19H22N4O4. The zero-order valence-electron chi connectivity index (χ0n) is 15.6. The molecule has 0 radical (unpaired) electrons. The maximum absolute atomic E-state index is 12.2. The van der Waals surface area contributed by atoms with Crippen LogP contribution >= 0.6 is 0 Å². The monoisotopic (exact) mass is 370 g/mol. The van der Waals surface area contributed by atoms with Crippen molar-refractivity contribution in [1.82, 2.24) is 20.2 Å². The van der Waals surface area contributed by atoms with E-state index in [1.165, 1.54) is 11.9 Å². The number of benzene rings is 1. The molecule has 0 unspecified atom stereocenters. The maximum atomic E-state index is 12.2. The molecular weight excluding hydrogens is 348 g/mol. The van der Waals surface area contributed by atoms with Crippen LogP contribution in [-0.2, 0) is 14.3 Å². The van der Waals surface area contributed by atoms with Gasteiger partial charge in [0.15, 0.2) is 6.61 Å². The topological polar surface area (TPSA) is 101 Å². The molecule has 1 aromatic heterocycles. The van der Waals surface area contributed by atoms with Crippen LogP contribution < -0.4 is 5.32 Å². The lowest BCUT2D eigenvalue weighted by Crippen LogP contribution is -2.40. The van der Waals surface area contributed by atoms with Gasteiger partial charge in [-0.15, -0.1) is 0 Å². The quantitative estimate of drug-likeness (QED) is 0.765. The average molecular weight is 370 g/mol. The number of rotatable bonds is 6. The van der Waals surface area contributed by atoms with Gasteiger partial charge >= 0.3 is 5.97 Å². The minimum absolute atomic E-state index is 0.0585. The lowest BCUT2D eigenvalue weighted by atomic mass is 10.2. The van der Waals surface area contributed by atoms with E-state index >= 15 is 0 Å². The summed E-state index contributed by atoms with van der Waals surface area (Å²) in [4.78, 5) is 46.1. The highest BCUT2D eigenvalue weighted by Crippen LogP contribution is 2.18. The molecule has 8 heteroatoms. The van der Waals surface area contributed by atoms with E-state index in [-0.39, 0.29) is 18.5 Å². The zero-order valence-corrected chi connectivity index (χ0v) is 15.6. The van der Waals surface area contributed by atoms with Gasteiger partial charge < -0.3 is 15.0 Å². The van der Waals surface area contributed by atoms with Gasteiger partial charge in [-0.2, -0.15) is 0 Å². The number of nitrogens with one attached hydrogen (secondary N) is 1. The number of aryl methyl sites for hydroxylation is 2. The van der Waals surface area contributed by atoms with Crippen molar-refractivity contribution in [3.63, 3.8) is 0 Å². The Balaban J connectivity index is 1.56. The number of esters is 1. The van der Waals surface area contributed by atoms with Crippen molar-refractivity contribution >= 4 is 28.8 Å². The van der Waals surface area contributed by atoms with E-state index in [4.69, 9.17) is 4.74 Å². The molecule has 1 saturated carbocycles. The Morgan fingerprint density at radius 2 is 1.81 bits per heavy atom. The minimum atomic E-state index is -0.624. The highest BCUT2D eigenvalue weighted by atomic mass is 16.5. The molecule has 1 aliphatic carbocycles. The fourth-order valence-electron chi connectivity index (χ4n) is 2.48. The molecule has 2 aromatic rings. The Kier molecular flexibility index (Phi) is 5.34. The molecule has 8 nitrogen and oxygen atoms in total. The van der Waals surface area contributed by atoms with Crippen LogP contribution in [0, 0.1) is 13.8 Å². The lowest BCUT2D eigenvalue weighted by Gasteiger charge is -2.16. The van der Waals surface area contributed by atoms with Gasteiger partial charge in [-0.3, -0.25) is 9.59 Å². The fraction of sp³-hybridized carbons (Fsp3) is 0.421. The van der Waals surface area contributed by atoms with E-state index in [1.807, 2.05) is 13.8 Å². The zero-order chi connectivity index (χ0) is 19.6. The van der Waals surface area contributed by atoms with Crippen molar-refractivity contribution in [1.29, 1.82) is 0 Å². The Labute approximate surface area is 156 Å². The number of likely N-dealkylation sites (N-methyl/N-ethyl adjacent to an activating group) is 1. The first-order valence-corrected chi connectivity index (χ1v) is 8.79. The summed E-state index contributed by atoms with van der Waals surface area (Å²) >= 11 is 0. The largest absolute Gasteiger partial charge is 0.452 e. The van der Waals surface area contributed by atoms with Gasteiger partial charge in [0.25, 0.3) is 5.91 Å². The molecule has 0 spiro atoms. The SMILES string of the molecule is Cc1nc2ccc(C(=O)OCC(=O)N(C)CC(=O)NC3CC3)cc2nc1C. The van der Waals surface area contributed by atoms with Gasteiger partial charge in [-0.1, -0.05) is 0 Å². The van der Waals surface area contributed by atoms with Gasteiger partial charge in [0, 0.05) is 13.1 Å². The number of carbonyl (C=O) groups is 3. The predicted octanol–water partition coefficient (Wildman–Crippen LogP) is 1.14. The van der Waals surface area contributed by atoms with E-state index in [1.54, 1.807) is 18.2 Å². The summed E-state index contributed by atoms with van der Waals surface area (Å²) in [6, 6.07) is 5.11. The number of ether oxygens (including phenoxy) is 1. The summed E-state index contributed by atoms with van der Waals surface area (Å²) in [7, 11) is 1.50. The van der Waals surface area contributed by atoms with Crippen LogP contribution in [0.15, 0.2) is 18.2 Å². The second-order valence-corrected chi connectivity index (χ2v) is 6.77. The molecule has 27 heavy (non-hydrogen) atoms. The van der Waals surface area contributed by atoms with Crippen molar-refractivity contribution in [3.8, 4) is 0 Å². The highest BCUT2D eigenvalue weighted by Gasteiger charge is 2.24. The number of fused-ring (bicyclic) bond motifs is 1. The number of aromatic nitrogens is 2. The summed E-state index contributed by atoms with van der Waals surface area (Å²) in [5.74, 6) is -1.28. The number of amides is 2. The van der Waals surface area contributed by atoms with Crippen LogP contribution in [0.5, 0.6) is 0 Å². The third-order valence-electron chi connectivity index (χ3n) is 4.39. The maximum Gasteiger partial charge on any atom is 0.338 e. The predicted molar refractivity (Wildman–Crippen MR) is 98.1 cm³/mol. The number of hydrogen-bond acceptors (Lipinski definition) is 6. The first-order chi connectivity index (χ1) is 12.8. The lowest BCUT2D eigenvalue weighted by molar-refractivity contribution is -0.137. The van der Waals surface area contributed by atoms with Crippen LogP contribution in [0.2, 0.25) is 0 Å². The van der Waals surface area contributed by atoms with E-state index in [0.717, 1.165) is 24.2 Å². The van der Waals surface area contributed by atoms with Crippen molar-refractivity contribution in [2.75, 3.05) is 20.2 Å². The summed E-state index contributed by atoms with van der Waals surface area (Å²) < 4.78 is 5.08. The molecule has 0 bridgehead atoms. The molecule has 2 amide bonds. The second kappa shape index (κ2) is 7.69. The van der Waals surface area contributed by atoms with E-state index < -0.39 is 18.5 Å². The van der Waals surface area contributed by atoms with Crippen LogP contribution in [0.25, 0.3) is 11.0 Å². The number of carbonyl (C=O) groups excluding carboxylic acids is 3. The smallest absolute Gasteiger partial charge is 0.338 e. The Morgan fingerprint density at radius 1 is 1.15 bits per heavy atom. The van der Waals surface area contributed by atoms with Gasteiger partial charge in [0.05, 0.1) is 34.5 Å².